The Hall–Kier alpha value is -0.260. The van der Waals surface area contributed by atoms with Crippen LogP contribution < -0.4 is 0 Å². The normalized spacial score (nSPS) is 21.8. The molecular weight excluding hydrogens is 295 g/mol. The molecule has 1 heterocycles. The molecule has 1 atom stereocenters. The van der Waals surface area contributed by atoms with Crippen molar-refractivity contribution >= 4 is 28.6 Å². The fraction of sp³-hybridized carbons (Fsp3) is 0.700. The van der Waals surface area contributed by atoms with Gasteiger partial charge in [-0.3, -0.25) is 0 Å². The predicted molar refractivity (Wildman–Crippen MR) is 62.3 cm³/mol. The van der Waals surface area contributed by atoms with Crippen LogP contribution in [0.25, 0.3) is 0 Å². The summed E-state index contributed by atoms with van der Waals surface area (Å²) in [6.07, 6.45) is 1.95. The maximum absolute atomic E-state index is 11.4. The van der Waals surface area contributed by atoms with Crippen molar-refractivity contribution in [3.05, 3.63) is 11.3 Å². The molecule has 0 bridgehead atoms. The highest BCUT2D eigenvalue weighted by Gasteiger charge is 2.23. The molecule has 0 aromatic carbocycles. The Morgan fingerprint density at radius 2 is 2.43 bits per heavy atom. The minimum atomic E-state index is -0.225. The van der Waals surface area contributed by atoms with Gasteiger partial charge >= 0.3 is 5.97 Å². The molecule has 1 aliphatic heterocycles. The van der Waals surface area contributed by atoms with Gasteiger partial charge in [0.2, 0.25) is 0 Å². The lowest BCUT2D eigenvalue weighted by Gasteiger charge is -2.24. The minimum absolute atomic E-state index is 0.225. The van der Waals surface area contributed by atoms with Gasteiger partial charge in [0.15, 0.2) is 0 Å². The van der Waals surface area contributed by atoms with Crippen LogP contribution in [-0.2, 0) is 14.3 Å². The number of hydrogen-bond acceptors (Lipinski definition) is 3. The van der Waals surface area contributed by atoms with Gasteiger partial charge < -0.3 is 9.47 Å². The van der Waals surface area contributed by atoms with Gasteiger partial charge in [0.1, 0.15) is 11.9 Å². The second-order valence-electron chi connectivity index (χ2n) is 3.19. The number of carbonyl (C=O) groups excluding carboxylic acids is 1. The molecule has 0 aliphatic carbocycles. The van der Waals surface area contributed by atoms with Crippen molar-refractivity contribution in [2.45, 2.75) is 32.8 Å². The van der Waals surface area contributed by atoms with Crippen LogP contribution in [0.5, 0.6) is 0 Å². The third kappa shape index (κ3) is 2.87. The van der Waals surface area contributed by atoms with E-state index >= 15 is 0 Å². The molecule has 0 saturated heterocycles. The topological polar surface area (TPSA) is 35.5 Å². The molecule has 0 radical (unpaired) electrons. The van der Waals surface area contributed by atoms with Crippen molar-refractivity contribution in [1.82, 2.24) is 0 Å². The van der Waals surface area contributed by atoms with Crippen molar-refractivity contribution in [2.24, 2.45) is 0 Å². The molecule has 0 aromatic heterocycles. The van der Waals surface area contributed by atoms with E-state index in [1.807, 2.05) is 13.8 Å². The molecule has 0 aromatic rings. The average molecular weight is 310 g/mol. The number of carbonyl (C=O) groups is 1. The van der Waals surface area contributed by atoms with Gasteiger partial charge in [0.05, 0.1) is 12.2 Å². The van der Waals surface area contributed by atoms with E-state index in [1.54, 1.807) is 0 Å². The van der Waals surface area contributed by atoms with Crippen LogP contribution >= 0.6 is 22.6 Å². The van der Waals surface area contributed by atoms with Crippen LogP contribution in [0.2, 0.25) is 0 Å². The summed E-state index contributed by atoms with van der Waals surface area (Å²) in [6.45, 7) is 4.07. The minimum Gasteiger partial charge on any atom is -0.494 e. The summed E-state index contributed by atoms with van der Waals surface area (Å²) in [5.74, 6) is 0.508. The molecule has 1 rings (SSSR count). The third-order valence-electron chi connectivity index (χ3n) is 2.18. The average Bonchev–Trinajstić information content (AvgIpc) is 2.17. The zero-order valence-corrected chi connectivity index (χ0v) is 10.7. The third-order valence-corrected chi connectivity index (χ3v) is 3.16. The van der Waals surface area contributed by atoms with Crippen LogP contribution in [0.3, 0.4) is 0 Å². The number of hydrogen-bond donors (Lipinski definition) is 0. The lowest BCUT2D eigenvalue weighted by molar-refractivity contribution is -0.139. The SMILES string of the molecule is CCOC(=O)C1=C(C)OC(CI)CC1. The van der Waals surface area contributed by atoms with E-state index < -0.39 is 0 Å². The number of esters is 1. The van der Waals surface area contributed by atoms with Gasteiger partial charge in [0.25, 0.3) is 0 Å². The van der Waals surface area contributed by atoms with E-state index in [2.05, 4.69) is 22.6 Å². The van der Waals surface area contributed by atoms with Crippen LogP contribution in [0.4, 0.5) is 0 Å². The smallest absolute Gasteiger partial charge is 0.337 e. The van der Waals surface area contributed by atoms with E-state index in [1.165, 1.54) is 0 Å². The van der Waals surface area contributed by atoms with E-state index in [9.17, 15) is 4.79 Å². The Balaban J connectivity index is 2.65. The Bertz CT molecular complexity index is 248. The van der Waals surface area contributed by atoms with Crippen molar-refractivity contribution in [3.63, 3.8) is 0 Å². The van der Waals surface area contributed by atoms with Crippen molar-refractivity contribution < 1.29 is 14.3 Å². The van der Waals surface area contributed by atoms with Gasteiger partial charge in [-0.05, 0) is 26.7 Å². The van der Waals surface area contributed by atoms with Crippen molar-refractivity contribution in [2.75, 3.05) is 11.0 Å². The lowest BCUT2D eigenvalue weighted by atomic mass is 10.0. The summed E-state index contributed by atoms with van der Waals surface area (Å²) in [4.78, 5) is 11.4. The first-order valence-electron chi connectivity index (χ1n) is 4.78. The molecule has 0 saturated carbocycles. The van der Waals surface area contributed by atoms with Crippen molar-refractivity contribution in [1.29, 1.82) is 0 Å². The Labute approximate surface area is 98.0 Å². The number of rotatable bonds is 3. The zero-order chi connectivity index (χ0) is 10.6. The summed E-state index contributed by atoms with van der Waals surface area (Å²) < 4.78 is 11.5. The van der Waals surface area contributed by atoms with Gasteiger partial charge in [-0.1, -0.05) is 22.6 Å². The van der Waals surface area contributed by atoms with Gasteiger partial charge in [-0.2, -0.15) is 0 Å². The molecule has 4 heteroatoms. The van der Waals surface area contributed by atoms with Gasteiger partial charge in [-0.25, -0.2) is 4.79 Å². The van der Waals surface area contributed by atoms with Crippen LogP contribution in [-0.4, -0.2) is 23.1 Å². The summed E-state index contributed by atoms with van der Waals surface area (Å²) in [5, 5.41) is 0. The highest BCUT2D eigenvalue weighted by atomic mass is 127. The molecule has 80 valence electrons. The maximum atomic E-state index is 11.4. The van der Waals surface area contributed by atoms with Crippen LogP contribution in [0, 0.1) is 0 Å². The quantitative estimate of drug-likeness (QED) is 0.456. The molecule has 0 fully saturated rings. The highest BCUT2D eigenvalue weighted by Crippen LogP contribution is 2.25. The summed E-state index contributed by atoms with van der Waals surface area (Å²) >= 11 is 2.29. The van der Waals surface area contributed by atoms with Crippen molar-refractivity contribution in [3.8, 4) is 0 Å². The van der Waals surface area contributed by atoms with Crippen LogP contribution in [0.15, 0.2) is 11.3 Å². The van der Waals surface area contributed by atoms with E-state index in [0.717, 1.165) is 23.0 Å². The number of ether oxygens (including phenoxy) is 2. The maximum Gasteiger partial charge on any atom is 0.337 e. The number of alkyl halides is 1. The molecule has 3 nitrogen and oxygen atoms in total. The molecule has 14 heavy (non-hydrogen) atoms. The first kappa shape index (κ1) is 11.8. The standard InChI is InChI=1S/C10H15IO3/c1-3-13-10(12)9-5-4-8(6-11)14-7(9)2/h8H,3-6H2,1-2H3. The van der Waals surface area contributed by atoms with Crippen LogP contribution in [0.1, 0.15) is 26.7 Å². The molecule has 1 unspecified atom stereocenters. The fourth-order valence-corrected chi connectivity index (χ4v) is 2.05. The summed E-state index contributed by atoms with van der Waals surface area (Å²) in [6, 6.07) is 0. The molecular formula is C10H15IO3. The molecule has 0 amide bonds. The Morgan fingerprint density at radius 3 is 2.93 bits per heavy atom. The monoisotopic (exact) mass is 310 g/mol. The first-order chi connectivity index (χ1) is 6.69. The number of allylic oxidation sites excluding steroid dienone is 1. The molecule has 1 aliphatic rings. The molecule has 0 N–H and O–H groups in total. The molecule has 0 spiro atoms. The Kier molecular flexibility index (Phi) is 4.71. The summed E-state index contributed by atoms with van der Waals surface area (Å²) in [5.41, 5.74) is 0.702. The first-order valence-corrected chi connectivity index (χ1v) is 6.31. The van der Waals surface area contributed by atoms with Gasteiger partial charge in [-0.15, -0.1) is 0 Å². The predicted octanol–water partition coefficient (Wildman–Crippen LogP) is 2.44. The largest absolute Gasteiger partial charge is 0.494 e. The Morgan fingerprint density at radius 1 is 1.71 bits per heavy atom. The summed E-state index contributed by atoms with van der Waals surface area (Å²) in [7, 11) is 0. The number of halogens is 1. The van der Waals surface area contributed by atoms with E-state index in [0.29, 0.717) is 12.2 Å². The van der Waals surface area contributed by atoms with E-state index in [-0.39, 0.29) is 12.1 Å². The van der Waals surface area contributed by atoms with E-state index in [4.69, 9.17) is 9.47 Å². The fourth-order valence-electron chi connectivity index (χ4n) is 1.43. The lowest BCUT2D eigenvalue weighted by Crippen LogP contribution is -2.23. The van der Waals surface area contributed by atoms with Gasteiger partial charge in [0, 0.05) is 4.43 Å². The second kappa shape index (κ2) is 5.58. The highest BCUT2D eigenvalue weighted by molar-refractivity contribution is 14.1. The zero-order valence-electron chi connectivity index (χ0n) is 8.51. The second-order valence-corrected chi connectivity index (χ2v) is 4.07.